The highest BCUT2D eigenvalue weighted by atomic mass is 32.2. The van der Waals surface area contributed by atoms with E-state index in [4.69, 9.17) is 0 Å². The zero-order chi connectivity index (χ0) is 23.5. The van der Waals surface area contributed by atoms with Gasteiger partial charge in [-0.15, -0.1) is 0 Å². The third-order valence-corrected chi connectivity index (χ3v) is 8.43. The average Bonchev–Trinajstić information content (AvgIpc) is 3.32. The molecule has 9 nitrogen and oxygen atoms in total. The van der Waals surface area contributed by atoms with Gasteiger partial charge in [0.25, 0.3) is 5.91 Å². The van der Waals surface area contributed by atoms with Crippen LogP contribution in [0, 0.1) is 0 Å². The largest absolute Gasteiger partial charge is 0.350 e. The normalized spacial score (nSPS) is 18.9. The predicted molar refractivity (Wildman–Crippen MR) is 119 cm³/mol. The molecule has 176 valence electrons. The minimum atomic E-state index is -3.53. The summed E-state index contributed by atoms with van der Waals surface area (Å²) in [5.74, 6) is -0.517. The van der Waals surface area contributed by atoms with Gasteiger partial charge in [0, 0.05) is 26.1 Å². The van der Waals surface area contributed by atoms with Crippen LogP contribution in [0.15, 0.2) is 29.2 Å². The topological polar surface area (TPSA) is 116 Å². The fourth-order valence-electron chi connectivity index (χ4n) is 4.45. The van der Waals surface area contributed by atoms with Gasteiger partial charge < -0.3 is 10.6 Å². The van der Waals surface area contributed by atoms with Crippen molar-refractivity contribution in [3.63, 3.8) is 0 Å². The third kappa shape index (κ3) is 4.66. The summed E-state index contributed by atoms with van der Waals surface area (Å²) in [5.41, 5.74) is -0.00890. The lowest BCUT2D eigenvalue weighted by Gasteiger charge is -2.20. The van der Waals surface area contributed by atoms with E-state index in [1.54, 1.807) is 45.0 Å². The number of benzene rings is 1. The SMILES string of the molecule is CCN(CC)S(=O)(=O)c1ccc(C(C)NC(=O)CCN2C(=O)NC3(CCCC3)C2=O)cc1. The molecule has 1 aromatic rings. The molecule has 1 aliphatic carbocycles. The highest BCUT2D eigenvalue weighted by Gasteiger charge is 2.52. The number of imide groups is 1. The number of nitrogens with one attached hydrogen (secondary N) is 2. The van der Waals surface area contributed by atoms with Crippen molar-refractivity contribution in [3.05, 3.63) is 29.8 Å². The van der Waals surface area contributed by atoms with Crippen molar-refractivity contribution in [3.8, 4) is 0 Å². The van der Waals surface area contributed by atoms with Gasteiger partial charge in [0.1, 0.15) is 5.54 Å². The number of urea groups is 1. The van der Waals surface area contributed by atoms with Crippen molar-refractivity contribution >= 4 is 27.9 Å². The first-order valence-electron chi connectivity index (χ1n) is 11.2. The van der Waals surface area contributed by atoms with Gasteiger partial charge in [-0.25, -0.2) is 13.2 Å². The minimum Gasteiger partial charge on any atom is -0.350 e. The number of rotatable bonds is 9. The molecule has 1 saturated carbocycles. The summed E-state index contributed by atoms with van der Waals surface area (Å²) >= 11 is 0. The molecule has 1 unspecified atom stereocenters. The molecule has 0 radical (unpaired) electrons. The van der Waals surface area contributed by atoms with Crippen LogP contribution in [0.2, 0.25) is 0 Å². The first-order valence-corrected chi connectivity index (χ1v) is 12.6. The van der Waals surface area contributed by atoms with Gasteiger partial charge in [-0.1, -0.05) is 38.8 Å². The van der Waals surface area contributed by atoms with Gasteiger partial charge in [-0.3, -0.25) is 14.5 Å². The number of carbonyl (C=O) groups excluding carboxylic acids is 3. The average molecular weight is 465 g/mol. The summed E-state index contributed by atoms with van der Waals surface area (Å²) in [6, 6.07) is 5.67. The zero-order valence-corrected chi connectivity index (χ0v) is 19.7. The van der Waals surface area contributed by atoms with Gasteiger partial charge in [-0.2, -0.15) is 4.31 Å². The fourth-order valence-corrected chi connectivity index (χ4v) is 5.91. The number of nitrogens with zero attached hydrogens (tertiary/aromatic N) is 2. The van der Waals surface area contributed by atoms with Crippen molar-refractivity contribution in [2.45, 2.75) is 69.4 Å². The lowest BCUT2D eigenvalue weighted by Crippen LogP contribution is -2.44. The van der Waals surface area contributed by atoms with Crippen LogP contribution < -0.4 is 10.6 Å². The van der Waals surface area contributed by atoms with Crippen LogP contribution >= 0.6 is 0 Å². The molecule has 3 rings (SSSR count). The number of carbonyl (C=O) groups is 3. The van der Waals surface area contributed by atoms with E-state index >= 15 is 0 Å². The third-order valence-electron chi connectivity index (χ3n) is 6.37. The quantitative estimate of drug-likeness (QED) is 0.543. The van der Waals surface area contributed by atoms with E-state index in [0.717, 1.165) is 23.3 Å². The molecule has 32 heavy (non-hydrogen) atoms. The molecule has 1 saturated heterocycles. The first-order chi connectivity index (χ1) is 15.1. The molecule has 4 amide bonds. The second-order valence-corrected chi connectivity index (χ2v) is 10.3. The Balaban J connectivity index is 1.56. The molecule has 1 spiro atoms. The van der Waals surface area contributed by atoms with E-state index < -0.39 is 21.6 Å². The number of sulfonamides is 1. The van der Waals surface area contributed by atoms with E-state index in [1.165, 1.54) is 4.31 Å². The van der Waals surface area contributed by atoms with Crippen molar-refractivity contribution in [2.75, 3.05) is 19.6 Å². The van der Waals surface area contributed by atoms with Gasteiger partial charge in [0.2, 0.25) is 15.9 Å². The van der Waals surface area contributed by atoms with Crippen LogP contribution in [-0.2, 0) is 19.6 Å². The van der Waals surface area contributed by atoms with Crippen molar-refractivity contribution in [1.82, 2.24) is 19.8 Å². The Morgan fingerprint density at radius 1 is 1.16 bits per heavy atom. The Kier molecular flexibility index (Phi) is 7.24. The summed E-state index contributed by atoms with van der Waals surface area (Å²) in [5, 5.41) is 5.65. The molecular weight excluding hydrogens is 432 g/mol. The van der Waals surface area contributed by atoms with Crippen LogP contribution in [0.3, 0.4) is 0 Å². The van der Waals surface area contributed by atoms with E-state index in [2.05, 4.69) is 10.6 Å². The first kappa shape index (κ1) is 24.2. The number of hydrogen-bond donors (Lipinski definition) is 2. The summed E-state index contributed by atoms with van der Waals surface area (Å²) in [4.78, 5) is 38.6. The summed E-state index contributed by atoms with van der Waals surface area (Å²) in [7, 11) is -3.53. The molecule has 0 aromatic heterocycles. The van der Waals surface area contributed by atoms with Crippen LogP contribution in [-0.4, -0.2) is 60.6 Å². The molecule has 10 heteroatoms. The Hall–Kier alpha value is -2.46. The smallest absolute Gasteiger partial charge is 0.325 e. The Labute approximate surface area is 189 Å². The van der Waals surface area contributed by atoms with Gasteiger partial charge in [0.05, 0.1) is 10.9 Å². The molecule has 2 N–H and O–H groups in total. The second-order valence-electron chi connectivity index (χ2n) is 8.37. The van der Waals surface area contributed by atoms with E-state index in [0.29, 0.717) is 25.9 Å². The molecular formula is C22H32N4O5S. The maximum Gasteiger partial charge on any atom is 0.325 e. The molecule has 1 heterocycles. The lowest BCUT2D eigenvalue weighted by molar-refractivity contribution is -0.131. The monoisotopic (exact) mass is 464 g/mol. The molecule has 2 fully saturated rings. The Morgan fingerprint density at radius 2 is 1.75 bits per heavy atom. The summed E-state index contributed by atoms with van der Waals surface area (Å²) in [6.45, 7) is 6.20. The summed E-state index contributed by atoms with van der Waals surface area (Å²) < 4.78 is 26.6. The standard InChI is InChI=1S/C22H32N4O5S/c1-4-25(5-2)32(30,31)18-10-8-17(9-11-18)16(3)23-19(27)12-15-26-20(28)22(24-21(26)29)13-6-7-14-22/h8-11,16H,4-7,12-15H2,1-3H3,(H,23,27)(H,24,29). The molecule has 2 aliphatic rings. The van der Waals surface area contributed by atoms with Crippen LogP contribution in [0.25, 0.3) is 0 Å². The second kappa shape index (κ2) is 9.58. The Morgan fingerprint density at radius 3 is 2.31 bits per heavy atom. The van der Waals surface area contributed by atoms with E-state index in [1.807, 2.05) is 0 Å². The van der Waals surface area contributed by atoms with Crippen LogP contribution in [0.4, 0.5) is 4.79 Å². The van der Waals surface area contributed by atoms with Crippen molar-refractivity contribution in [2.24, 2.45) is 0 Å². The molecule has 1 aliphatic heterocycles. The predicted octanol–water partition coefficient (Wildman–Crippen LogP) is 2.15. The molecule has 0 bridgehead atoms. The summed E-state index contributed by atoms with van der Waals surface area (Å²) in [6.07, 6.45) is 3.13. The van der Waals surface area contributed by atoms with Gasteiger partial charge >= 0.3 is 6.03 Å². The fraction of sp³-hybridized carbons (Fsp3) is 0.591. The van der Waals surface area contributed by atoms with Crippen molar-refractivity contribution < 1.29 is 22.8 Å². The van der Waals surface area contributed by atoms with Gasteiger partial charge in [0.15, 0.2) is 0 Å². The number of amides is 4. The highest BCUT2D eigenvalue weighted by Crippen LogP contribution is 2.35. The minimum absolute atomic E-state index is 0.00794. The van der Waals surface area contributed by atoms with E-state index in [9.17, 15) is 22.8 Å². The van der Waals surface area contributed by atoms with Gasteiger partial charge in [-0.05, 0) is 37.5 Å². The molecule has 1 aromatic carbocycles. The Bertz CT molecular complexity index is 967. The van der Waals surface area contributed by atoms with E-state index in [-0.39, 0.29) is 35.7 Å². The maximum absolute atomic E-state index is 12.7. The molecule has 1 atom stereocenters. The lowest BCUT2D eigenvalue weighted by atomic mass is 9.98. The van der Waals surface area contributed by atoms with Crippen LogP contribution in [0.5, 0.6) is 0 Å². The van der Waals surface area contributed by atoms with Crippen LogP contribution in [0.1, 0.15) is 64.5 Å². The zero-order valence-electron chi connectivity index (χ0n) is 18.9. The van der Waals surface area contributed by atoms with Crippen molar-refractivity contribution in [1.29, 1.82) is 0 Å². The highest BCUT2D eigenvalue weighted by molar-refractivity contribution is 7.89. The maximum atomic E-state index is 12.7. The number of hydrogen-bond acceptors (Lipinski definition) is 5.